The normalized spacial score (nSPS) is 12.7. The first-order valence-corrected chi connectivity index (χ1v) is 30.6. The standard InChI is InChI=1S/C66H114O6/c1-4-7-10-13-16-19-22-25-28-31-33-35-38-41-44-47-50-53-56-59-65(68)71-62-63(61-70-64(67)58-55-52-49-46-43-40-37-30-27-24-21-18-15-12-9-6-3)72-66(69)60-57-54-51-48-45-42-39-36-34-32-29-26-23-20-17-14-11-8-5-2/h16-17,19-21,24-26,28-30,33,35,37,63H,4-15,18,22-23,27,31-32,34,36,38-62H2,1-3H3/b19-16-,20-17-,24-21-,28-25-,29-26-,35-33-,37-30-. The molecule has 0 bridgehead atoms. The first kappa shape index (κ1) is 68.6. The Morgan fingerprint density at radius 2 is 0.500 bits per heavy atom. The third-order valence-electron chi connectivity index (χ3n) is 13.1. The van der Waals surface area contributed by atoms with Gasteiger partial charge >= 0.3 is 17.9 Å². The molecule has 0 aromatic heterocycles. The van der Waals surface area contributed by atoms with Gasteiger partial charge in [-0.3, -0.25) is 14.4 Å². The minimum absolute atomic E-state index is 0.0893. The van der Waals surface area contributed by atoms with Gasteiger partial charge in [-0.25, -0.2) is 0 Å². The van der Waals surface area contributed by atoms with E-state index in [2.05, 4.69) is 106 Å². The minimum atomic E-state index is -0.792. The molecule has 0 heterocycles. The monoisotopic (exact) mass is 1000 g/mol. The third-order valence-corrected chi connectivity index (χ3v) is 13.1. The summed E-state index contributed by atoms with van der Waals surface area (Å²) in [6.45, 7) is 6.57. The van der Waals surface area contributed by atoms with E-state index in [-0.39, 0.29) is 31.1 Å². The smallest absolute Gasteiger partial charge is 0.306 e. The second kappa shape index (κ2) is 60.1. The topological polar surface area (TPSA) is 78.9 Å². The van der Waals surface area contributed by atoms with E-state index in [1.165, 1.54) is 154 Å². The van der Waals surface area contributed by atoms with Crippen molar-refractivity contribution in [2.24, 2.45) is 0 Å². The number of unbranched alkanes of at least 4 members (excludes halogenated alkanes) is 30. The maximum atomic E-state index is 12.9. The molecule has 0 fully saturated rings. The van der Waals surface area contributed by atoms with Crippen LogP contribution in [0.15, 0.2) is 85.1 Å². The molecule has 414 valence electrons. The van der Waals surface area contributed by atoms with Gasteiger partial charge in [0.05, 0.1) is 0 Å². The zero-order chi connectivity index (χ0) is 52.2. The summed E-state index contributed by atoms with van der Waals surface area (Å²) >= 11 is 0. The Hall–Kier alpha value is -3.41. The SMILES string of the molecule is CCCCC/C=C\C/C=C\C/C=C\CCCCCCCCC(=O)OCC(COC(=O)CCCCCCC/C=C\C/C=C\CCCCCC)OC(=O)CCCCCCCCCCC/C=C\C/C=C\CCCCC. The van der Waals surface area contributed by atoms with Gasteiger partial charge in [-0.1, -0.05) is 241 Å². The number of hydrogen-bond donors (Lipinski definition) is 0. The van der Waals surface area contributed by atoms with E-state index < -0.39 is 6.10 Å². The molecule has 1 unspecified atom stereocenters. The Morgan fingerprint density at radius 1 is 0.278 bits per heavy atom. The van der Waals surface area contributed by atoms with Crippen LogP contribution in [0.1, 0.15) is 297 Å². The van der Waals surface area contributed by atoms with E-state index in [1.54, 1.807) is 0 Å². The lowest BCUT2D eigenvalue weighted by atomic mass is 10.1. The van der Waals surface area contributed by atoms with Crippen molar-refractivity contribution in [1.29, 1.82) is 0 Å². The summed E-state index contributed by atoms with van der Waals surface area (Å²) in [5, 5.41) is 0. The fourth-order valence-corrected chi connectivity index (χ4v) is 8.45. The van der Waals surface area contributed by atoms with E-state index in [4.69, 9.17) is 14.2 Å². The molecule has 0 aliphatic rings. The molecule has 0 aromatic carbocycles. The lowest BCUT2D eigenvalue weighted by Gasteiger charge is -2.18. The van der Waals surface area contributed by atoms with E-state index >= 15 is 0 Å². The van der Waals surface area contributed by atoms with Gasteiger partial charge in [0.1, 0.15) is 13.2 Å². The lowest BCUT2D eigenvalue weighted by molar-refractivity contribution is -0.167. The number of hydrogen-bond acceptors (Lipinski definition) is 6. The van der Waals surface area contributed by atoms with Gasteiger partial charge in [0.2, 0.25) is 0 Å². The number of carbonyl (C=O) groups excluding carboxylic acids is 3. The number of allylic oxidation sites excluding steroid dienone is 14. The number of carbonyl (C=O) groups is 3. The van der Waals surface area contributed by atoms with Gasteiger partial charge in [0.15, 0.2) is 6.10 Å². The molecule has 6 heteroatoms. The van der Waals surface area contributed by atoms with Gasteiger partial charge < -0.3 is 14.2 Å². The van der Waals surface area contributed by atoms with Crippen LogP contribution in [0.4, 0.5) is 0 Å². The van der Waals surface area contributed by atoms with Gasteiger partial charge in [0.25, 0.3) is 0 Å². The zero-order valence-electron chi connectivity index (χ0n) is 47.4. The summed E-state index contributed by atoms with van der Waals surface area (Å²) in [7, 11) is 0. The first-order chi connectivity index (χ1) is 35.5. The third kappa shape index (κ3) is 57.5. The van der Waals surface area contributed by atoms with Crippen LogP contribution in [-0.4, -0.2) is 37.2 Å². The zero-order valence-corrected chi connectivity index (χ0v) is 47.4. The molecule has 0 spiro atoms. The summed E-state index contributed by atoms with van der Waals surface area (Å²) in [6.07, 6.45) is 78.5. The summed E-state index contributed by atoms with van der Waals surface area (Å²) < 4.78 is 16.9. The van der Waals surface area contributed by atoms with Gasteiger partial charge in [-0.2, -0.15) is 0 Å². The Balaban J connectivity index is 4.43. The molecular formula is C66H114O6. The predicted octanol–water partition coefficient (Wildman–Crippen LogP) is 20.7. The highest BCUT2D eigenvalue weighted by Crippen LogP contribution is 2.15. The van der Waals surface area contributed by atoms with Gasteiger partial charge in [-0.05, 0) is 122 Å². The van der Waals surface area contributed by atoms with Crippen molar-refractivity contribution in [3.8, 4) is 0 Å². The summed E-state index contributed by atoms with van der Waals surface area (Å²) in [5.74, 6) is -0.910. The molecule has 0 rings (SSSR count). The van der Waals surface area contributed by atoms with Gasteiger partial charge in [-0.15, -0.1) is 0 Å². The molecule has 0 saturated heterocycles. The second-order valence-electron chi connectivity index (χ2n) is 20.2. The van der Waals surface area contributed by atoms with E-state index in [0.717, 1.165) is 103 Å². The van der Waals surface area contributed by atoms with Crippen LogP contribution in [0.25, 0.3) is 0 Å². The average Bonchev–Trinajstić information content (AvgIpc) is 3.38. The molecular weight excluding hydrogens is 889 g/mol. The van der Waals surface area contributed by atoms with Crippen molar-refractivity contribution in [2.45, 2.75) is 303 Å². The van der Waals surface area contributed by atoms with Crippen molar-refractivity contribution in [3.63, 3.8) is 0 Å². The fraction of sp³-hybridized carbons (Fsp3) is 0.742. The van der Waals surface area contributed by atoms with Crippen molar-refractivity contribution in [2.75, 3.05) is 13.2 Å². The average molecular weight is 1000 g/mol. The Labute approximate surface area is 445 Å². The van der Waals surface area contributed by atoms with Crippen molar-refractivity contribution >= 4 is 17.9 Å². The van der Waals surface area contributed by atoms with Crippen molar-refractivity contribution in [3.05, 3.63) is 85.1 Å². The lowest BCUT2D eigenvalue weighted by Crippen LogP contribution is -2.30. The Kier molecular flexibility index (Phi) is 57.3. The van der Waals surface area contributed by atoms with Crippen molar-refractivity contribution < 1.29 is 28.6 Å². The van der Waals surface area contributed by atoms with Crippen LogP contribution in [0.5, 0.6) is 0 Å². The molecule has 0 aliphatic heterocycles. The Morgan fingerprint density at radius 3 is 0.806 bits per heavy atom. The molecule has 0 radical (unpaired) electrons. The van der Waals surface area contributed by atoms with E-state index in [9.17, 15) is 14.4 Å². The maximum Gasteiger partial charge on any atom is 0.306 e. The van der Waals surface area contributed by atoms with Crippen LogP contribution in [0.3, 0.4) is 0 Å². The second-order valence-corrected chi connectivity index (χ2v) is 20.2. The van der Waals surface area contributed by atoms with Crippen LogP contribution in [0.2, 0.25) is 0 Å². The molecule has 1 atom stereocenters. The highest BCUT2D eigenvalue weighted by Gasteiger charge is 2.19. The number of ether oxygens (including phenoxy) is 3. The highest BCUT2D eigenvalue weighted by molar-refractivity contribution is 5.71. The van der Waals surface area contributed by atoms with Crippen LogP contribution in [0, 0.1) is 0 Å². The summed E-state index contributed by atoms with van der Waals surface area (Å²) in [4.78, 5) is 38.3. The maximum absolute atomic E-state index is 12.9. The molecule has 0 amide bonds. The largest absolute Gasteiger partial charge is 0.462 e. The van der Waals surface area contributed by atoms with Crippen LogP contribution < -0.4 is 0 Å². The summed E-state index contributed by atoms with van der Waals surface area (Å²) in [5.41, 5.74) is 0. The molecule has 0 aromatic rings. The first-order valence-electron chi connectivity index (χ1n) is 30.6. The van der Waals surface area contributed by atoms with E-state index in [1.807, 2.05) is 0 Å². The minimum Gasteiger partial charge on any atom is -0.462 e. The van der Waals surface area contributed by atoms with Crippen molar-refractivity contribution in [1.82, 2.24) is 0 Å². The predicted molar refractivity (Wildman–Crippen MR) is 311 cm³/mol. The number of esters is 3. The Bertz CT molecular complexity index is 1380. The number of rotatable bonds is 55. The molecule has 72 heavy (non-hydrogen) atoms. The summed E-state index contributed by atoms with van der Waals surface area (Å²) in [6, 6.07) is 0. The van der Waals surface area contributed by atoms with Gasteiger partial charge in [0, 0.05) is 19.3 Å². The quantitative estimate of drug-likeness (QED) is 0.0261. The fourth-order valence-electron chi connectivity index (χ4n) is 8.45. The van der Waals surface area contributed by atoms with Crippen LogP contribution in [-0.2, 0) is 28.6 Å². The van der Waals surface area contributed by atoms with Crippen LogP contribution >= 0.6 is 0 Å². The molecule has 0 N–H and O–H groups in total. The molecule has 0 aliphatic carbocycles. The molecule has 6 nitrogen and oxygen atoms in total. The highest BCUT2D eigenvalue weighted by atomic mass is 16.6. The van der Waals surface area contributed by atoms with E-state index in [0.29, 0.717) is 19.3 Å². The molecule has 0 saturated carbocycles.